The third-order valence-electron chi connectivity index (χ3n) is 3.64. The molecule has 1 aromatic rings. The first-order valence-corrected chi connectivity index (χ1v) is 6.56. The normalized spacial score (nSPS) is 24.1. The highest BCUT2D eigenvalue weighted by atomic mass is 19.3. The van der Waals surface area contributed by atoms with Crippen molar-refractivity contribution in [1.82, 2.24) is 14.9 Å². The molecule has 23 heavy (non-hydrogen) atoms. The third-order valence-corrected chi connectivity index (χ3v) is 3.64. The van der Waals surface area contributed by atoms with Crippen molar-refractivity contribution in [2.24, 2.45) is 5.73 Å². The summed E-state index contributed by atoms with van der Waals surface area (Å²) in [6, 6.07) is -2.40. The van der Waals surface area contributed by atoms with Gasteiger partial charge in [-0.05, 0) is 0 Å². The largest absolute Gasteiger partial charge is 0.476 e. The molecule has 1 aromatic heterocycles. The topological polar surface area (TPSA) is 122 Å². The molecule has 3 heterocycles. The molecule has 0 radical (unpaired) electrons. The zero-order valence-electron chi connectivity index (χ0n) is 11.6. The van der Waals surface area contributed by atoms with E-state index in [4.69, 9.17) is 15.3 Å². The first-order valence-electron chi connectivity index (χ1n) is 6.56. The van der Waals surface area contributed by atoms with Gasteiger partial charge in [0.05, 0.1) is 18.8 Å². The van der Waals surface area contributed by atoms with E-state index in [9.17, 15) is 18.4 Å². The Morgan fingerprint density at radius 2 is 2.35 bits per heavy atom. The van der Waals surface area contributed by atoms with Crippen LogP contribution in [-0.4, -0.2) is 63.3 Å². The Bertz CT molecular complexity index is 662. The zero-order valence-corrected chi connectivity index (χ0v) is 11.6. The number of aromatic nitrogens is 1. The number of carbonyl (C=O) groups excluding carboxylic acids is 1. The maximum atomic E-state index is 13.4. The van der Waals surface area contributed by atoms with Crippen LogP contribution in [0.3, 0.4) is 0 Å². The highest BCUT2D eigenvalue weighted by Crippen LogP contribution is 2.37. The number of urea groups is 1. The lowest BCUT2D eigenvalue weighted by Gasteiger charge is -2.28. The van der Waals surface area contributed by atoms with E-state index in [1.165, 1.54) is 11.1 Å². The van der Waals surface area contributed by atoms with Crippen LogP contribution in [0.5, 0.6) is 0 Å². The molecule has 3 rings (SSSR count). The second-order valence-electron chi connectivity index (χ2n) is 4.98. The Hall–Kier alpha value is -2.53. The Labute approximate surface area is 127 Å². The van der Waals surface area contributed by atoms with E-state index in [1.54, 1.807) is 6.08 Å². The van der Waals surface area contributed by atoms with E-state index >= 15 is 0 Å². The number of aliphatic carboxylic acids is 1. The fourth-order valence-electron chi connectivity index (χ4n) is 2.57. The van der Waals surface area contributed by atoms with E-state index in [1.807, 2.05) is 0 Å². The molecular weight excluding hydrogens is 318 g/mol. The van der Waals surface area contributed by atoms with Crippen molar-refractivity contribution in [2.75, 3.05) is 13.1 Å². The molecule has 2 aliphatic rings. The molecule has 11 heteroatoms. The van der Waals surface area contributed by atoms with E-state index in [2.05, 4.69) is 9.82 Å². The monoisotopic (exact) mass is 330 g/mol. The number of carbonyl (C=O) groups is 2. The van der Waals surface area contributed by atoms with E-state index in [0.717, 1.165) is 6.39 Å². The number of alkyl halides is 2. The Kier molecular flexibility index (Phi) is 3.53. The van der Waals surface area contributed by atoms with Gasteiger partial charge in [-0.3, -0.25) is 0 Å². The number of carboxylic acids is 1. The Morgan fingerprint density at radius 1 is 1.61 bits per heavy atom. The zero-order chi connectivity index (χ0) is 16.8. The van der Waals surface area contributed by atoms with Gasteiger partial charge < -0.3 is 20.2 Å². The summed E-state index contributed by atoms with van der Waals surface area (Å²) >= 11 is 0. The average Bonchev–Trinajstić information content (AvgIpc) is 3.12. The minimum atomic E-state index is -4.54. The summed E-state index contributed by atoms with van der Waals surface area (Å²) in [7, 11) is 0. The molecule has 1 unspecified atom stereocenters. The van der Waals surface area contributed by atoms with Crippen molar-refractivity contribution in [1.29, 1.82) is 0 Å². The van der Waals surface area contributed by atoms with Crippen LogP contribution in [0.15, 0.2) is 23.1 Å². The van der Waals surface area contributed by atoms with Gasteiger partial charge in [0.1, 0.15) is 6.04 Å². The maximum Gasteiger partial charge on any atom is 0.476 e. The number of hydrogen-bond donors (Lipinski definition) is 2. The predicted octanol–water partition coefficient (Wildman–Crippen LogP) is 0.114. The van der Waals surface area contributed by atoms with Gasteiger partial charge in [-0.1, -0.05) is 6.08 Å². The fourth-order valence-corrected chi connectivity index (χ4v) is 2.57. The number of nitrogens with two attached hydrogens (primary N) is 1. The number of carboxylic acid groups (broad SMARTS) is 1. The van der Waals surface area contributed by atoms with Crippen LogP contribution in [0.2, 0.25) is 0 Å². The summed E-state index contributed by atoms with van der Waals surface area (Å²) in [6.07, 6.45) is -0.451. The van der Waals surface area contributed by atoms with Crippen LogP contribution in [0.4, 0.5) is 13.6 Å². The number of amides is 2. The predicted molar refractivity (Wildman–Crippen MR) is 68.7 cm³/mol. The molecule has 2 aliphatic heterocycles. The van der Waals surface area contributed by atoms with Crippen LogP contribution < -0.4 is 5.73 Å². The van der Waals surface area contributed by atoms with Gasteiger partial charge in [0.2, 0.25) is 0 Å². The van der Waals surface area contributed by atoms with Gasteiger partial charge in [-0.2, -0.15) is 18.7 Å². The van der Waals surface area contributed by atoms with E-state index in [-0.39, 0.29) is 18.8 Å². The summed E-state index contributed by atoms with van der Waals surface area (Å²) < 4.78 is 31.9. The molecule has 1 saturated heterocycles. The number of hydrogen-bond acceptors (Lipinski definition) is 6. The SMILES string of the molecule is NC[C@@H]1C=C(c2cnco2)C2CN1C(=O)N2OC(F)(F)C(=O)O. The summed E-state index contributed by atoms with van der Waals surface area (Å²) in [4.78, 5) is 31.9. The van der Waals surface area contributed by atoms with Crippen LogP contribution in [0.25, 0.3) is 5.57 Å². The molecule has 124 valence electrons. The van der Waals surface area contributed by atoms with E-state index in [0.29, 0.717) is 10.6 Å². The third kappa shape index (κ3) is 2.43. The number of nitrogens with zero attached hydrogens (tertiary/aromatic N) is 3. The van der Waals surface area contributed by atoms with Crippen molar-refractivity contribution < 1.29 is 32.7 Å². The van der Waals surface area contributed by atoms with Gasteiger partial charge in [-0.25, -0.2) is 14.6 Å². The molecule has 0 saturated carbocycles. The van der Waals surface area contributed by atoms with Crippen molar-refractivity contribution in [3.8, 4) is 0 Å². The molecular formula is C12H12F2N4O5. The maximum absolute atomic E-state index is 13.4. The number of fused-ring (bicyclic) bond motifs is 2. The highest BCUT2D eigenvalue weighted by Gasteiger charge is 2.53. The minimum absolute atomic E-state index is 0.0168. The standard InChI is InChI=1S/C12H12F2N4O5/c13-12(14,10(19)20)23-18-8-4-17(11(18)21)6(2-15)1-7(8)9-3-16-5-22-9/h1,3,5-6,8H,2,4,15H2,(H,19,20)/t6-,8?/m0/s1. The van der Waals surface area contributed by atoms with Gasteiger partial charge in [0.15, 0.2) is 12.2 Å². The molecule has 2 bridgehead atoms. The molecule has 2 amide bonds. The highest BCUT2D eigenvalue weighted by molar-refractivity contribution is 5.85. The lowest BCUT2D eigenvalue weighted by Crippen LogP contribution is -2.45. The molecule has 0 spiro atoms. The van der Waals surface area contributed by atoms with Gasteiger partial charge in [0.25, 0.3) is 0 Å². The Morgan fingerprint density at radius 3 is 2.91 bits per heavy atom. The van der Waals surface area contributed by atoms with Gasteiger partial charge in [0, 0.05) is 12.1 Å². The number of rotatable bonds is 5. The number of halogens is 2. The van der Waals surface area contributed by atoms with Crippen molar-refractivity contribution in [3.63, 3.8) is 0 Å². The van der Waals surface area contributed by atoms with Crippen LogP contribution in [0, 0.1) is 0 Å². The van der Waals surface area contributed by atoms with Crippen LogP contribution >= 0.6 is 0 Å². The quantitative estimate of drug-likeness (QED) is 0.786. The number of hydroxylamine groups is 2. The average molecular weight is 330 g/mol. The van der Waals surface area contributed by atoms with Crippen molar-refractivity contribution >= 4 is 17.6 Å². The first-order chi connectivity index (χ1) is 10.8. The van der Waals surface area contributed by atoms with Gasteiger partial charge >= 0.3 is 18.1 Å². The summed E-state index contributed by atoms with van der Waals surface area (Å²) in [5, 5.41) is 8.83. The summed E-state index contributed by atoms with van der Waals surface area (Å²) in [5.41, 5.74) is 5.98. The lowest BCUT2D eigenvalue weighted by molar-refractivity contribution is -0.323. The minimum Gasteiger partial charge on any atom is -0.475 e. The van der Waals surface area contributed by atoms with Crippen LogP contribution in [-0.2, 0) is 9.63 Å². The fraction of sp³-hybridized carbons (Fsp3) is 0.417. The smallest absolute Gasteiger partial charge is 0.475 e. The molecule has 0 aliphatic carbocycles. The van der Waals surface area contributed by atoms with Crippen molar-refractivity contribution in [3.05, 3.63) is 24.4 Å². The van der Waals surface area contributed by atoms with Gasteiger partial charge in [-0.15, -0.1) is 0 Å². The lowest BCUT2D eigenvalue weighted by atomic mass is 9.98. The molecule has 2 atom stereocenters. The molecule has 3 N–H and O–H groups in total. The molecule has 1 fully saturated rings. The Balaban J connectivity index is 1.96. The van der Waals surface area contributed by atoms with E-state index < -0.39 is 30.2 Å². The molecule has 0 aromatic carbocycles. The first kappa shape index (κ1) is 15.4. The van der Waals surface area contributed by atoms with Crippen LogP contribution in [0.1, 0.15) is 5.76 Å². The second kappa shape index (κ2) is 5.28. The number of oxazole rings is 1. The summed E-state index contributed by atoms with van der Waals surface area (Å²) in [5.74, 6) is -2.24. The second-order valence-corrected chi connectivity index (χ2v) is 4.98. The van der Waals surface area contributed by atoms with Crippen molar-refractivity contribution in [2.45, 2.75) is 18.2 Å². The summed E-state index contributed by atoms with van der Waals surface area (Å²) in [6.45, 7) is 0.0716. The molecule has 9 nitrogen and oxygen atoms in total.